The van der Waals surface area contributed by atoms with Gasteiger partial charge in [0, 0.05) is 34.4 Å². The Morgan fingerprint density at radius 3 is 2.46 bits per heavy atom. The van der Waals surface area contributed by atoms with Crippen LogP contribution in [-0.4, -0.2) is 35.8 Å². The van der Waals surface area contributed by atoms with E-state index in [-0.39, 0.29) is 17.9 Å². The highest BCUT2D eigenvalue weighted by atomic mass is 32.1. The molecule has 0 bridgehead atoms. The van der Waals surface area contributed by atoms with Crippen LogP contribution in [0.3, 0.4) is 0 Å². The zero-order valence-electron chi connectivity index (χ0n) is 13.8. The van der Waals surface area contributed by atoms with Crippen molar-refractivity contribution >= 4 is 23.2 Å². The van der Waals surface area contributed by atoms with Crippen molar-refractivity contribution in [2.75, 3.05) is 13.1 Å². The minimum Gasteiger partial charge on any atom is -0.349 e. The number of hydrogen-bond donors (Lipinski definition) is 1. The summed E-state index contributed by atoms with van der Waals surface area (Å²) in [5, 5.41) is 3.07. The molecule has 1 fully saturated rings. The topological polar surface area (TPSA) is 49.4 Å². The quantitative estimate of drug-likeness (QED) is 0.928. The maximum absolute atomic E-state index is 12.4. The number of thiophene rings is 1. The molecule has 0 aliphatic carbocycles. The maximum Gasteiger partial charge on any atom is 0.251 e. The van der Waals surface area contributed by atoms with Gasteiger partial charge in [-0.1, -0.05) is 18.2 Å². The molecule has 2 amide bonds. The van der Waals surface area contributed by atoms with Crippen LogP contribution in [0.25, 0.3) is 0 Å². The molecule has 5 heteroatoms. The summed E-state index contributed by atoms with van der Waals surface area (Å²) in [6.45, 7) is 3.48. The first-order valence-corrected chi connectivity index (χ1v) is 9.12. The van der Waals surface area contributed by atoms with Crippen molar-refractivity contribution in [3.05, 3.63) is 57.8 Å². The lowest BCUT2D eigenvalue weighted by molar-refractivity contribution is -0.131. The molecule has 1 aliphatic rings. The van der Waals surface area contributed by atoms with Gasteiger partial charge in [0.25, 0.3) is 5.91 Å². The smallest absolute Gasteiger partial charge is 0.251 e. The number of piperidine rings is 1. The van der Waals surface area contributed by atoms with Crippen LogP contribution >= 0.6 is 11.3 Å². The Balaban J connectivity index is 1.47. The maximum atomic E-state index is 12.4. The normalized spacial score (nSPS) is 15.3. The summed E-state index contributed by atoms with van der Waals surface area (Å²) in [5.74, 6) is 0.152. The zero-order valence-corrected chi connectivity index (χ0v) is 14.6. The Bertz CT molecular complexity index is 703. The van der Waals surface area contributed by atoms with Crippen LogP contribution in [0.1, 0.15) is 33.0 Å². The molecular weight excluding hydrogens is 320 g/mol. The highest BCUT2D eigenvalue weighted by Gasteiger charge is 2.24. The first-order chi connectivity index (χ1) is 11.6. The molecule has 1 aromatic heterocycles. The third-order valence-electron chi connectivity index (χ3n) is 4.34. The van der Waals surface area contributed by atoms with E-state index in [0.717, 1.165) is 17.7 Å². The fourth-order valence-electron chi connectivity index (χ4n) is 2.97. The second-order valence-electron chi connectivity index (χ2n) is 6.18. The van der Waals surface area contributed by atoms with Gasteiger partial charge < -0.3 is 10.2 Å². The summed E-state index contributed by atoms with van der Waals surface area (Å²) < 4.78 is 0. The molecule has 1 aromatic carbocycles. The van der Waals surface area contributed by atoms with Crippen LogP contribution in [0.2, 0.25) is 0 Å². The highest BCUT2D eigenvalue weighted by Crippen LogP contribution is 2.18. The molecule has 3 rings (SSSR count). The van der Waals surface area contributed by atoms with Crippen LogP contribution in [0.5, 0.6) is 0 Å². The molecule has 0 saturated carbocycles. The number of carbonyl (C=O) groups is 2. The number of benzene rings is 1. The zero-order chi connectivity index (χ0) is 16.9. The van der Waals surface area contributed by atoms with E-state index in [1.165, 1.54) is 4.88 Å². The molecule has 24 heavy (non-hydrogen) atoms. The van der Waals surface area contributed by atoms with Crippen LogP contribution in [-0.2, 0) is 11.2 Å². The minimum atomic E-state index is -0.0329. The average Bonchev–Trinajstić information content (AvgIpc) is 3.01. The molecule has 2 heterocycles. The van der Waals surface area contributed by atoms with Gasteiger partial charge in [-0.2, -0.15) is 0 Å². The molecule has 0 spiro atoms. The summed E-state index contributed by atoms with van der Waals surface area (Å²) in [4.78, 5) is 28.8. The Kier molecular flexibility index (Phi) is 5.30. The van der Waals surface area contributed by atoms with Gasteiger partial charge in [0.2, 0.25) is 5.91 Å². The van der Waals surface area contributed by atoms with Gasteiger partial charge in [0.05, 0.1) is 6.42 Å². The predicted octanol–water partition coefficient (Wildman–Crippen LogP) is 3.02. The monoisotopic (exact) mass is 342 g/mol. The molecular formula is C19H22N2O2S. The van der Waals surface area contributed by atoms with Crippen molar-refractivity contribution < 1.29 is 9.59 Å². The van der Waals surface area contributed by atoms with E-state index in [4.69, 9.17) is 0 Å². The number of amides is 2. The Labute approximate surface area is 146 Å². The second kappa shape index (κ2) is 7.62. The average molecular weight is 342 g/mol. The first kappa shape index (κ1) is 16.7. The lowest BCUT2D eigenvalue weighted by atomic mass is 10.0. The lowest BCUT2D eigenvalue weighted by Gasteiger charge is -2.32. The van der Waals surface area contributed by atoms with Crippen molar-refractivity contribution in [1.82, 2.24) is 10.2 Å². The van der Waals surface area contributed by atoms with Gasteiger partial charge >= 0.3 is 0 Å². The number of nitrogens with one attached hydrogen (secondary N) is 1. The van der Waals surface area contributed by atoms with Crippen LogP contribution in [0.15, 0.2) is 42.5 Å². The Hall–Kier alpha value is -2.14. The number of rotatable bonds is 4. The summed E-state index contributed by atoms with van der Waals surface area (Å²) in [6, 6.07) is 13.5. The predicted molar refractivity (Wildman–Crippen MR) is 96.3 cm³/mol. The van der Waals surface area contributed by atoms with E-state index < -0.39 is 0 Å². The van der Waals surface area contributed by atoms with Gasteiger partial charge in [-0.3, -0.25) is 9.59 Å². The summed E-state index contributed by atoms with van der Waals surface area (Å²) in [6.07, 6.45) is 2.11. The first-order valence-electron chi connectivity index (χ1n) is 8.31. The summed E-state index contributed by atoms with van der Waals surface area (Å²) in [5.41, 5.74) is 0.684. The van der Waals surface area contributed by atoms with Gasteiger partial charge in [0.1, 0.15) is 0 Å². The second-order valence-corrected chi connectivity index (χ2v) is 7.56. The van der Waals surface area contributed by atoms with E-state index in [1.807, 2.05) is 41.3 Å². The molecule has 1 aliphatic heterocycles. The number of aryl methyl sites for hydroxylation is 1. The van der Waals surface area contributed by atoms with Gasteiger partial charge in [-0.05, 0) is 44.0 Å². The van der Waals surface area contributed by atoms with Crippen LogP contribution < -0.4 is 5.32 Å². The molecule has 1 saturated heterocycles. The highest BCUT2D eigenvalue weighted by molar-refractivity contribution is 7.12. The van der Waals surface area contributed by atoms with Crippen molar-refractivity contribution in [2.24, 2.45) is 0 Å². The van der Waals surface area contributed by atoms with Crippen molar-refractivity contribution in [3.63, 3.8) is 0 Å². The molecule has 1 N–H and O–H groups in total. The van der Waals surface area contributed by atoms with E-state index >= 15 is 0 Å². The number of hydrogen-bond acceptors (Lipinski definition) is 3. The number of nitrogens with zero attached hydrogens (tertiary/aromatic N) is 1. The lowest BCUT2D eigenvalue weighted by Crippen LogP contribution is -2.46. The van der Waals surface area contributed by atoms with Gasteiger partial charge in [0.15, 0.2) is 0 Å². The number of carbonyl (C=O) groups excluding carboxylic acids is 2. The van der Waals surface area contributed by atoms with Gasteiger partial charge in [-0.25, -0.2) is 0 Å². The SMILES string of the molecule is Cc1ccc(CC(=O)N2CCC(NC(=O)c3ccccc3)CC2)s1. The van der Waals surface area contributed by atoms with Crippen molar-refractivity contribution in [3.8, 4) is 0 Å². The molecule has 0 radical (unpaired) electrons. The van der Waals surface area contributed by atoms with Crippen LogP contribution in [0.4, 0.5) is 0 Å². The fraction of sp³-hybridized carbons (Fsp3) is 0.368. The van der Waals surface area contributed by atoms with E-state index in [1.54, 1.807) is 11.3 Å². The van der Waals surface area contributed by atoms with Crippen molar-refractivity contribution in [1.29, 1.82) is 0 Å². The third-order valence-corrected chi connectivity index (χ3v) is 5.34. The van der Waals surface area contributed by atoms with Gasteiger partial charge in [-0.15, -0.1) is 11.3 Å². The standard InChI is InChI=1S/C19H22N2O2S/c1-14-7-8-17(24-14)13-18(22)21-11-9-16(10-12-21)20-19(23)15-5-3-2-4-6-15/h2-8,16H,9-13H2,1H3,(H,20,23). The summed E-state index contributed by atoms with van der Waals surface area (Å²) in [7, 11) is 0. The molecule has 0 atom stereocenters. The molecule has 126 valence electrons. The summed E-state index contributed by atoms with van der Waals surface area (Å²) >= 11 is 1.68. The minimum absolute atomic E-state index is 0.0329. The van der Waals surface area contributed by atoms with E-state index in [0.29, 0.717) is 25.1 Å². The molecule has 4 nitrogen and oxygen atoms in total. The number of likely N-dealkylation sites (tertiary alicyclic amines) is 1. The fourth-order valence-corrected chi connectivity index (χ4v) is 3.85. The van der Waals surface area contributed by atoms with E-state index in [9.17, 15) is 9.59 Å². The molecule has 0 unspecified atom stereocenters. The van der Waals surface area contributed by atoms with E-state index in [2.05, 4.69) is 18.3 Å². The molecule has 2 aromatic rings. The largest absolute Gasteiger partial charge is 0.349 e. The third kappa shape index (κ3) is 4.23. The Morgan fingerprint density at radius 2 is 1.83 bits per heavy atom. The van der Waals surface area contributed by atoms with Crippen LogP contribution in [0, 0.1) is 6.92 Å². The Morgan fingerprint density at radius 1 is 1.12 bits per heavy atom. The van der Waals surface area contributed by atoms with Crippen molar-refractivity contribution in [2.45, 2.75) is 32.2 Å².